The Morgan fingerprint density at radius 2 is 2.40 bits per heavy atom. The molecule has 1 heterocycles. The van der Waals surface area contributed by atoms with E-state index in [2.05, 4.69) is 12.2 Å². The number of aliphatic hydroxyl groups excluding tert-OH is 1. The molecule has 1 saturated heterocycles. The summed E-state index contributed by atoms with van der Waals surface area (Å²) in [5, 5.41) is 13.1. The van der Waals surface area contributed by atoms with Gasteiger partial charge in [-0.05, 0) is 20.3 Å². The molecule has 90 valence electrons. The predicted octanol–water partition coefficient (Wildman–Crippen LogP) is 0.398. The molecule has 0 aromatic heterocycles. The van der Waals surface area contributed by atoms with Crippen LogP contribution in [-0.4, -0.2) is 50.2 Å². The first kappa shape index (κ1) is 12.9. The summed E-state index contributed by atoms with van der Waals surface area (Å²) in [5.74, 6) is 0.303. The summed E-state index contributed by atoms with van der Waals surface area (Å²) in [6, 6.07) is 0.293. The molecule has 3 atom stereocenters. The molecule has 0 radical (unpaired) electrons. The maximum Gasteiger partial charge on any atom is 0.0715 e. The van der Waals surface area contributed by atoms with E-state index in [1.807, 2.05) is 6.92 Å². The first-order valence-corrected chi connectivity index (χ1v) is 5.81. The zero-order chi connectivity index (χ0) is 11.1. The number of aliphatic hydroxyl groups is 1. The minimum absolute atomic E-state index is 0.293. The first-order chi connectivity index (χ1) is 7.24. The fourth-order valence-electron chi connectivity index (χ4n) is 1.70. The van der Waals surface area contributed by atoms with Crippen molar-refractivity contribution in [2.24, 2.45) is 5.92 Å². The van der Waals surface area contributed by atoms with Crippen molar-refractivity contribution < 1.29 is 14.6 Å². The van der Waals surface area contributed by atoms with Crippen LogP contribution in [0, 0.1) is 5.92 Å². The van der Waals surface area contributed by atoms with Crippen LogP contribution in [0.25, 0.3) is 0 Å². The SMILES string of the molecule is CCOCC(C)NCC(O)C1CCOC1. The van der Waals surface area contributed by atoms with E-state index in [4.69, 9.17) is 9.47 Å². The van der Waals surface area contributed by atoms with Crippen molar-refractivity contribution in [3.05, 3.63) is 0 Å². The van der Waals surface area contributed by atoms with Gasteiger partial charge in [-0.15, -0.1) is 0 Å². The van der Waals surface area contributed by atoms with Gasteiger partial charge < -0.3 is 19.9 Å². The maximum atomic E-state index is 9.84. The Balaban J connectivity index is 2.07. The van der Waals surface area contributed by atoms with Crippen molar-refractivity contribution in [1.82, 2.24) is 5.32 Å². The Bertz CT molecular complexity index is 160. The van der Waals surface area contributed by atoms with Gasteiger partial charge in [-0.2, -0.15) is 0 Å². The Morgan fingerprint density at radius 1 is 1.60 bits per heavy atom. The molecule has 0 amide bonds. The molecule has 2 N–H and O–H groups in total. The summed E-state index contributed by atoms with van der Waals surface area (Å²) in [6.07, 6.45) is 0.680. The van der Waals surface area contributed by atoms with Crippen LogP contribution in [0.4, 0.5) is 0 Å². The van der Waals surface area contributed by atoms with Gasteiger partial charge in [-0.3, -0.25) is 0 Å². The average Bonchev–Trinajstić information content (AvgIpc) is 2.76. The third-order valence-electron chi connectivity index (χ3n) is 2.76. The molecular weight excluding hydrogens is 194 g/mol. The van der Waals surface area contributed by atoms with Gasteiger partial charge in [-0.1, -0.05) is 0 Å². The molecule has 4 heteroatoms. The summed E-state index contributed by atoms with van der Waals surface area (Å²) in [4.78, 5) is 0. The van der Waals surface area contributed by atoms with Crippen LogP contribution < -0.4 is 5.32 Å². The van der Waals surface area contributed by atoms with Crippen molar-refractivity contribution in [3.8, 4) is 0 Å². The Hall–Kier alpha value is -0.160. The predicted molar refractivity (Wildman–Crippen MR) is 58.9 cm³/mol. The minimum Gasteiger partial charge on any atom is -0.391 e. The standard InChI is InChI=1S/C11H23NO3/c1-3-14-7-9(2)12-6-11(13)10-4-5-15-8-10/h9-13H,3-8H2,1-2H3. The van der Waals surface area contributed by atoms with E-state index in [-0.39, 0.29) is 6.10 Å². The van der Waals surface area contributed by atoms with Gasteiger partial charge in [0.2, 0.25) is 0 Å². The van der Waals surface area contributed by atoms with Crippen molar-refractivity contribution in [2.75, 3.05) is 33.0 Å². The third kappa shape index (κ3) is 4.93. The molecule has 0 saturated carbocycles. The highest BCUT2D eigenvalue weighted by molar-refractivity contribution is 4.75. The summed E-state index contributed by atoms with van der Waals surface area (Å²) < 4.78 is 10.5. The van der Waals surface area contributed by atoms with Gasteiger partial charge in [0.15, 0.2) is 0 Å². The van der Waals surface area contributed by atoms with Gasteiger partial charge in [-0.25, -0.2) is 0 Å². The molecule has 0 spiro atoms. The van der Waals surface area contributed by atoms with Crippen LogP contribution in [0.5, 0.6) is 0 Å². The lowest BCUT2D eigenvalue weighted by Gasteiger charge is -2.20. The largest absolute Gasteiger partial charge is 0.391 e. The molecule has 0 aromatic rings. The van der Waals surface area contributed by atoms with Crippen LogP contribution in [0.3, 0.4) is 0 Å². The van der Waals surface area contributed by atoms with Crippen LogP contribution in [0.1, 0.15) is 20.3 Å². The number of hydrogen-bond acceptors (Lipinski definition) is 4. The molecule has 1 aliphatic rings. The Labute approximate surface area is 92.0 Å². The van der Waals surface area contributed by atoms with E-state index in [0.717, 1.165) is 19.6 Å². The van der Waals surface area contributed by atoms with Crippen LogP contribution in [0.15, 0.2) is 0 Å². The summed E-state index contributed by atoms with van der Waals surface area (Å²) in [6.45, 7) is 7.60. The van der Waals surface area contributed by atoms with Gasteiger partial charge >= 0.3 is 0 Å². The molecule has 1 fully saturated rings. The molecule has 1 rings (SSSR count). The van der Waals surface area contributed by atoms with E-state index in [0.29, 0.717) is 31.7 Å². The zero-order valence-electron chi connectivity index (χ0n) is 9.74. The molecular formula is C11H23NO3. The molecule has 0 bridgehead atoms. The van der Waals surface area contributed by atoms with Crippen molar-refractivity contribution in [2.45, 2.75) is 32.4 Å². The molecule has 3 unspecified atom stereocenters. The first-order valence-electron chi connectivity index (χ1n) is 5.81. The lowest BCUT2D eigenvalue weighted by molar-refractivity contribution is 0.0796. The van der Waals surface area contributed by atoms with E-state index in [1.165, 1.54) is 0 Å². The van der Waals surface area contributed by atoms with Crippen molar-refractivity contribution in [1.29, 1.82) is 0 Å². The second kappa shape index (κ2) is 7.17. The number of hydrogen-bond donors (Lipinski definition) is 2. The number of ether oxygens (including phenoxy) is 2. The second-order valence-corrected chi connectivity index (χ2v) is 4.16. The second-order valence-electron chi connectivity index (χ2n) is 4.16. The Morgan fingerprint density at radius 3 is 3.00 bits per heavy atom. The van der Waals surface area contributed by atoms with E-state index >= 15 is 0 Å². The van der Waals surface area contributed by atoms with Gasteiger partial charge in [0.1, 0.15) is 0 Å². The molecule has 0 aliphatic carbocycles. The van der Waals surface area contributed by atoms with Crippen molar-refractivity contribution in [3.63, 3.8) is 0 Å². The van der Waals surface area contributed by atoms with Crippen molar-refractivity contribution >= 4 is 0 Å². The number of nitrogens with one attached hydrogen (secondary N) is 1. The fraction of sp³-hybridized carbons (Fsp3) is 1.00. The maximum absolute atomic E-state index is 9.84. The highest BCUT2D eigenvalue weighted by Gasteiger charge is 2.23. The smallest absolute Gasteiger partial charge is 0.0715 e. The molecule has 1 aliphatic heterocycles. The minimum atomic E-state index is -0.295. The molecule has 0 aromatic carbocycles. The van der Waals surface area contributed by atoms with Crippen LogP contribution in [0.2, 0.25) is 0 Å². The van der Waals surface area contributed by atoms with Crippen LogP contribution >= 0.6 is 0 Å². The molecule has 4 nitrogen and oxygen atoms in total. The summed E-state index contributed by atoms with van der Waals surface area (Å²) >= 11 is 0. The monoisotopic (exact) mass is 217 g/mol. The highest BCUT2D eigenvalue weighted by Crippen LogP contribution is 2.16. The zero-order valence-corrected chi connectivity index (χ0v) is 9.74. The lowest BCUT2D eigenvalue weighted by Crippen LogP contribution is -2.39. The van der Waals surface area contributed by atoms with Gasteiger partial charge in [0.25, 0.3) is 0 Å². The normalized spacial score (nSPS) is 25.4. The van der Waals surface area contributed by atoms with Gasteiger partial charge in [0, 0.05) is 31.7 Å². The Kier molecular flexibility index (Phi) is 6.17. The third-order valence-corrected chi connectivity index (χ3v) is 2.76. The average molecular weight is 217 g/mol. The summed E-state index contributed by atoms with van der Waals surface area (Å²) in [7, 11) is 0. The highest BCUT2D eigenvalue weighted by atomic mass is 16.5. The summed E-state index contributed by atoms with van der Waals surface area (Å²) in [5.41, 5.74) is 0. The van der Waals surface area contributed by atoms with E-state index in [9.17, 15) is 5.11 Å². The van der Waals surface area contributed by atoms with E-state index in [1.54, 1.807) is 0 Å². The lowest BCUT2D eigenvalue weighted by atomic mass is 10.0. The molecule has 15 heavy (non-hydrogen) atoms. The number of rotatable bonds is 7. The van der Waals surface area contributed by atoms with E-state index < -0.39 is 0 Å². The van der Waals surface area contributed by atoms with Crippen LogP contribution in [-0.2, 0) is 9.47 Å². The topological polar surface area (TPSA) is 50.7 Å². The quantitative estimate of drug-likeness (QED) is 0.648. The van der Waals surface area contributed by atoms with Gasteiger partial charge in [0.05, 0.1) is 19.3 Å². The fourth-order valence-corrected chi connectivity index (χ4v) is 1.70.